The highest BCUT2D eigenvalue weighted by atomic mass is 32.2. The minimum Gasteiger partial charge on any atom is -0.464 e. The first-order valence-electron chi connectivity index (χ1n) is 6.17. The molecule has 1 fully saturated rings. The van der Waals surface area contributed by atoms with Crippen LogP contribution < -0.4 is 5.32 Å². The predicted octanol–water partition coefficient (Wildman–Crippen LogP) is 3.28. The van der Waals surface area contributed by atoms with Gasteiger partial charge in [0, 0.05) is 17.5 Å². The Kier molecular flexibility index (Phi) is 3.39. The van der Waals surface area contributed by atoms with Crippen molar-refractivity contribution in [1.29, 1.82) is 0 Å². The van der Waals surface area contributed by atoms with Gasteiger partial charge in [-0.25, -0.2) is 0 Å². The molecule has 1 aliphatic heterocycles. The van der Waals surface area contributed by atoms with Crippen molar-refractivity contribution in [3.05, 3.63) is 36.1 Å². The van der Waals surface area contributed by atoms with Gasteiger partial charge in [-0.2, -0.15) is 11.8 Å². The first kappa shape index (κ1) is 11.2. The molecule has 1 atom stereocenters. The van der Waals surface area contributed by atoms with E-state index in [1.165, 1.54) is 28.9 Å². The van der Waals surface area contributed by atoms with Crippen LogP contribution >= 0.6 is 11.8 Å². The molecule has 2 aromatic rings. The fourth-order valence-corrected chi connectivity index (χ4v) is 3.61. The van der Waals surface area contributed by atoms with Crippen LogP contribution in [0.3, 0.4) is 0 Å². The van der Waals surface area contributed by atoms with Gasteiger partial charge in [-0.05, 0) is 36.5 Å². The molecule has 17 heavy (non-hydrogen) atoms. The number of furan rings is 1. The zero-order valence-corrected chi connectivity index (χ0v) is 10.6. The predicted molar refractivity (Wildman–Crippen MR) is 73.4 cm³/mol. The second kappa shape index (κ2) is 5.15. The van der Waals surface area contributed by atoms with Crippen LogP contribution in [0.5, 0.6) is 0 Å². The van der Waals surface area contributed by atoms with Gasteiger partial charge >= 0.3 is 0 Å². The van der Waals surface area contributed by atoms with Crippen molar-refractivity contribution in [2.75, 3.05) is 18.1 Å². The van der Waals surface area contributed by atoms with Crippen molar-refractivity contribution >= 4 is 22.7 Å². The van der Waals surface area contributed by atoms with Crippen LogP contribution in [0.15, 0.2) is 34.9 Å². The Hall–Kier alpha value is -0.930. The largest absolute Gasteiger partial charge is 0.464 e. The van der Waals surface area contributed by atoms with E-state index < -0.39 is 0 Å². The molecule has 0 spiro atoms. The lowest BCUT2D eigenvalue weighted by Crippen LogP contribution is -2.22. The van der Waals surface area contributed by atoms with Crippen LogP contribution in [0.1, 0.15) is 12.0 Å². The van der Waals surface area contributed by atoms with Gasteiger partial charge < -0.3 is 9.73 Å². The third kappa shape index (κ3) is 2.50. The van der Waals surface area contributed by atoms with E-state index in [0.717, 1.165) is 24.6 Å². The Morgan fingerprint density at radius 2 is 2.29 bits per heavy atom. The average Bonchev–Trinajstić information content (AvgIpc) is 2.99. The monoisotopic (exact) mass is 247 g/mol. The summed E-state index contributed by atoms with van der Waals surface area (Å²) < 4.78 is 5.53. The highest BCUT2D eigenvalue weighted by Gasteiger charge is 2.14. The molecule has 2 heterocycles. The van der Waals surface area contributed by atoms with Gasteiger partial charge in [-0.1, -0.05) is 18.2 Å². The van der Waals surface area contributed by atoms with E-state index in [4.69, 9.17) is 4.42 Å². The fourth-order valence-electron chi connectivity index (χ4n) is 2.32. The van der Waals surface area contributed by atoms with Crippen LogP contribution in [0.25, 0.3) is 11.0 Å². The molecule has 2 nitrogen and oxygen atoms in total. The van der Waals surface area contributed by atoms with Gasteiger partial charge in [0.1, 0.15) is 5.58 Å². The van der Waals surface area contributed by atoms with E-state index in [2.05, 4.69) is 29.2 Å². The van der Waals surface area contributed by atoms with Crippen LogP contribution in [0.2, 0.25) is 0 Å². The fraction of sp³-hybridized carbons (Fsp3) is 0.429. The molecule has 1 aliphatic rings. The van der Waals surface area contributed by atoms with E-state index >= 15 is 0 Å². The number of benzene rings is 1. The maximum atomic E-state index is 5.53. The molecule has 0 radical (unpaired) electrons. The number of rotatable bonds is 4. The zero-order chi connectivity index (χ0) is 11.5. The summed E-state index contributed by atoms with van der Waals surface area (Å²) in [6.45, 7) is 2.05. The van der Waals surface area contributed by atoms with Crippen LogP contribution in [0.4, 0.5) is 0 Å². The van der Waals surface area contributed by atoms with Crippen molar-refractivity contribution < 1.29 is 4.42 Å². The average molecular weight is 247 g/mol. The molecule has 0 bridgehead atoms. The Balaban J connectivity index is 1.60. The van der Waals surface area contributed by atoms with Crippen LogP contribution in [-0.4, -0.2) is 18.1 Å². The SMILES string of the molecule is c1ccc2c(CNCC3CCSC3)coc2c1. The Bertz CT molecular complexity index is 488. The highest BCUT2D eigenvalue weighted by Crippen LogP contribution is 2.23. The quantitative estimate of drug-likeness (QED) is 0.897. The van der Waals surface area contributed by atoms with E-state index in [1.54, 1.807) is 0 Å². The Morgan fingerprint density at radius 1 is 1.35 bits per heavy atom. The Morgan fingerprint density at radius 3 is 3.18 bits per heavy atom. The lowest BCUT2D eigenvalue weighted by Gasteiger charge is -2.08. The first-order valence-corrected chi connectivity index (χ1v) is 7.32. The summed E-state index contributed by atoms with van der Waals surface area (Å²) in [6, 6.07) is 8.22. The molecule has 0 aliphatic carbocycles. The van der Waals surface area contributed by atoms with E-state index in [9.17, 15) is 0 Å². The number of para-hydroxylation sites is 1. The standard InChI is InChI=1S/C14H17NOS/c1-2-4-14-13(3-1)12(9-16-14)8-15-7-11-5-6-17-10-11/h1-4,9,11,15H,5-8,10H2. The molecule has 0 saturated carbocycles. The van der Waals surface area contributed by atoms with Crippen LogP contribution in [-0.2, 0) is 6.54 Å². The molecule has 1 aromatic carbocycles. The van der Waals surface area contributed by atoms with E-state index in [1.807, 2.05) is 18.4 Å². The highest BCUT2D eigenvalue weighted by molar-refractivity contribution is 7.99. The van der Waals surface area contributed by atoms with E-state index in [0.29, 0.717) is 0 Å². The third-order valence-corrected chi connectivity index (χ3v) is 4.57. The molecule has 3 heteroatoms. The van der Waals surface area contributed by atoms with Crippen molar-refractivity contribution in [3.63, 3.8) is 0 Å². The number of nitrogens with one attached hydrogen (secondary N) is 1. The number of hydrogen-bond donors (Lipinski definition) is 1. The summed E-state index contributed by atoms with van der Waals surface area (Å²) in [6.07, 6.45) is 3.24. The number of hydrogen-bond acceptors (Lipinski definition) is 3. The first-order chi connectivity index (χ1) is 8.43. The van der Waals surface area contributed by atoms with Gasteiger partial charge in [0.25, 0.3) is 0 Å². The summed E-state index contributed by atoms with van der Waals surface area (Å²) in [5, 5.41) is 4.79. The molecular weight excluding hydrogens is 230 g/mol. The minimum absolute atomic E-state index is 0.859. The van der Waals surface area contributed by atoms with Gasteiger partial charge in [0.15, 0.2) is 0 Å². The summed E-state index contributed by atoms with van der Waals surface area (Å²) in [7, 11) is 0. The normalized spacial score (nSPS) is 20.1. The molecule has 1 unspecified atom stereocenters. The van der Waals surface area contributed by atoms with Crippen molar-refractivity contribution in [1.82, 2.24) is 5.32 Å². The number of thioether (sulfide) groups is 1. The second-order valence-corrected chi connectivity index (χ2v) is 5.77. The molecule has 1 saturated heterocycles. The van der Waals surface area contributed by atoms with E-state index in [-0.39, 0.29) is 0 Å². The molecule has 0 amide bonds. The summed E-state index contributed by atoms with van der Waals surface area (Å²) in [5.41, 5.74) is 2.26. The summed E-state index contributed by atoms with van der Waals surface area (Å²) in [4.78, 5) is 0. The van der Waals surface area contributed by atoms with Crippen molar-refractivity contribution in [3.8, 4) is 0 Å². The molecule has 90 valence electrons. The van der Waals surface area contributed by atoms with Crippen molar-refractivity contribution in [2.45, 2.75) is 13.0 Å². The summed E-state index contributed by atoms with van der Waals surface area (Å²) >= 11 is 2.07. The van der Waals surface area contributed by atoms with Gasteiger partial charge in [0.2, 0.25) is 0 Å². The number of fused-ring (bicyclic) bond motifs is 1. The smallest absolute Gasteiger partial charge is 0.134 e. The topological polar surface area (TPSA) is 25.2 Å². The molecule has 3 rings (SSSR count). The zero-order valence-electron chi connectivity index (χ0n) is 9.82. The second-order valence-electron chi connectivity index (χ2n) is 4.62. The third-order valence-electron chi connectivity index (χ3n) is 3.33. The van der Waals surface area contributed by atoms with Gasteiger partial charge in [-0.15, -0.1) is 0 Å². The maximum absolute atomic E-state index is 5.53. The lowest BCUT2D eigenvalue weighted by molar-refractivity contribution is 0.520. The van der Waals surface area contributed by atoms with Crippen LogP contribution in [0, 0.1) is 5.92 Å². The van der Waals surface area contributed by atoms with Gasteiger partial charge in [-0.3, -0.25) is 0 Å². The maximum Gasteiger partial charge on any atom is 0.134 e. The molecular formula is C14H17NOS. The minimum atomic E-state index is 0.859. The molecule has 1 N–H and O–H groups in total. The Labute approximate surface area is 106 Å². The van der Waals surface area contributed by atoms with Gasteiger partial charge in [0.05, 0.1) is 6.26 Å². The summed E-state index contributed by atoms with van der Waals surface area (Å²) in [5.74, 6) is 3.51. The molecule has 1 aromatic heterocycles. The lowest BCUT2D eigenvalue weighted by atomic mass is 10.1. The van der Waals surface area contributed by atoms with Crippen molar-refractivity contribution in [2.24, 2.45) is 5.92 Å².